The minimum Gasteiger partial charge on any atom is -0.384 e. The highest BCUT2D eigenvalue weighted by Crippen LogP contribution is 2.42. The largest absolute Gasteiger partial charge is 0.384 e. The Morgan fingerprint density at radius 1 is 1.38 bits per heavy atom. The van der Waals surface area contributed by atoms with Crippen molar-refractivity contribution in [3.05, 3.63) is 35.6 Å². The number of halogens is 1. The van der Waals surface area contributed by atoms with Crippen molar-refractivity contribution in [3.63, 3.8) is 0 Å². The first-order chi connectivity index (χ1) is 11.6. The van der Waals surface area contributed by atoms with Crippen LogP contribution in [0.1, 0.15) is 30.9 Å². The number of hydrogen-bond acceptors (Lipinski definition) is 4. The molecule has 0 bridgehead atoms. The number of carbonyl (C=O) groups excluding carboxylic acids is 1. The maximum absolute atomic E-state index is 13.1. The predicted octanol–water partition coefficient (Wildman–Crippen LogP) is 1.87. The number of hydrazine groups is 1. The second-order valence-electron chi connectivity index (χ2n) is 7.07. The topological polar surface area (TPSA) is 53.6 Å². The number of rotatable bonds is 6. The number of nitrogens with zero attached hydrogens (tertiary/aromatic N) is 1. The Morgan fingerprint density at radius 2 is 2.08 bits per heavy atom. The van der Waals surface area contributed by atoms with Crippen molar-refractivity contribution in [3.8, 4) is 0 Å². The Balaban J connectivity index is 1.65. The van der Waals surface area contributed by atoms with E-state index in [2.05, 4.69) is 10.9 Å². The Hall–Kier alpha value is -1.50. The van der Waals surface area contributed by atoms with Crippen molar-refractivity contribution >= 4 is 5.91 Å². The Kier molecular flexibility index (Phi) is 5.18. The van der Waals surface area contributed by atoms with Crippen LogP contribution in [0.3, 0.4) is 0 Å². The number of nitrogens with one attached hydrogen (secondary N) is 2. The van der Waals surface area contributed by atoms with Crippen molar-refractivity contribution in [2.24, 2.45) is 11.3 Å². The Morgan fingerprint density at radius 3 is 2.67 bits per heavy atom. The summed E-state index contributed by atoms with van der Waals surface area (Å²) in [5.41, 5.74) is 7.11. The number of carbonyl (C=O) groups is 1. The van der Waals surface area contributed by atoms with Gasteiger partial charge in [-0.2, -0.15) is 0 Å². The summed E-state index contributed by atoms with van der Waals surface area (Å²) < 4.78 is 18.4. The van der Waals surface area contributed by atoms with E-state index in [1.54, 1.807) is 19.2 Å². The van der Waals surface area contributed by atoms with Gasteiger partial charge in [-0.3, -0.25) is 10.2 Å². The van der Waals surface area contributed by atoms with E-state index in [1.165, 1.54) is 12.1 Å². The van der Waals surface area contributed by atoms with Crippen LogP contribution in [-0.4, -0.2) is 44.7 Å². The van der Waals surface area contributed by atoms with Crippen molar-refractivity contribution in [2.45, 2.75) is 25.3 Å². The number of methoxy groups -OCH3 is 1. The van der Waals surface area contributed by atoms with E-state index in [4.69, 9.17) is 4.74 Å². The maximum atomic E-state index is 13.1. The van der Waals surface area contributed by atoms with Gasteiger partial charge in [0.05, 0.1) is 18.1 Å². The van der Waals surface area contributed by atoms with Crippen molar-refractivity contribution < 1.29 is 13.9 Å². The van der Waals surface area contributed by atoms with Gasteiger partial charge in [0.2, 0.25) is 5.91 Å². The molecule has 5 nitrogen and oxygen atoms in total. The molecule has 2 fully saturated rings. The molecular weight excluding hydrogens is 309 g/mol. The lowest BCUT2D eigenvalue weighted by Crippen LogP contribution is -2.50. The zero-order valence-corrected chi connectivity index (χ0v) is 14.3. The molecule has 2 N–H and O–H groups in total. The smallest absolute Gasteiger partial charge is 0.230 e. The zero-order chi connectivity index (χ0) is 17.2. The minimum absolute atomic E-state index is 0.0700. The molecule has 3 rings (SSSR count). The molecule has 1 aliphatic carbocycles. The van der Waals surface area contributed by atoms with Crippen LogP contribution in [0.5, 0.6) is 0 Å². The quantitative estimate of drug-likeness (QED) is 0.833. The van der Waals surface area contributed by atoms with E-state index in [0.717, 1.165) is 31.4 Å². The predicted molar refractivity (Wildman–Crippen MR) is 89.6 cm³/mol. The molecular formula is C18H26FN3O2. The van der Waals surface area contributed by atoms with Crippen molar-refractivity contribution in [1.29, 1.82) is 0 Å². The molecule has 1 saturated carbocycles. The van der Waals surface area contributed by atoms with Gasteiger partial charge in [-0.25, -0.2) is 9.82 Å². The monoisotopic (exact) mass is 335 g/mol. The summed E-state index contributed by atoms with van der Waals surface area (Å²) in [6.45, 7) is 1.93. The summed E-state index contributed by atoms with van der Waals surface area (Å²) in [6.07, 6.45) is 2.91. The summed E-state index contributed by atoms with van der Waals surface area (Å²) in [5, 5.41) is 0. The second kappa shape index (κ2) is 7.17. The first-order valence-electron chi connectivity index (χ1n) is 8.54. The summed E-state index contributed by atoms with van der Waals surface area (Å²) in [6, 6.07) is 6.62. The van der Waals surface area contributed by atoms with Crippen molar-refractivity contribution in [1.82, 2.24) is 15.8 Å². The normalized spacial score (nSPS) is 25.3. The Labute approximate surface area is 142 Å². The molecule has 2 aliphatic rings. The van der Waals surface area contributed by atoms with E-state index in [-0.39, 0.29) is 29.1 Å². The van der Waals surface area contributed by atoms with Gasteiger partial charge in [0.25, 0.3) is 0 Å². The van der Waals surface area contributed by atoms with Gasteiger partial charge in [-0.1, -0.05) is 18.6 Å². The molecule has 2 atom stereocenters. The summed E-state index contributed by atoms with van der Waals surface area (Å²) in [5.74, 6) is 0.185. The number of benzene rings is 1. The van der Waals surface area contributed by atoms with Crippen LogP contribution < -0.4 is 10.9 Å². The van der Waals surface area contributed by atoms with Gasteiger partial charge in [-0.05, 0) is 30.5 Å². The van der Waals surface area contributed by atoms with Gasteiger partial charge in [0.15, 0.2) is 0 Å². The highest BCUT2D eigenvalue weighted by molar-refractivity contribution is 5.83. The lowest BCUT2D eigenvalue weighted by Gasteiger charge is -2.42. The summed E-state index contributed by atoms with van der Waals surface area (Å²) >= 11 is 0. The summed E-state index contributed by atoms with van der Waals surface area (Å²) in [4.78, 5) is 14.7. The lowest BCUT2D eigenvalue weighted by molar-refractivity contribution is -0.151. The molecule has 2 unspecified atom stereocenters. The molecule has 132 valence electrons. The van der Waals surface area contributed by atoms with Crippen LogP contribution >= 0.6 is 0 Å². The lowest BCUT2D eigenvalue weighted by atomic mass is 9.68. The van der Waals surface area contributed by atoms with Gasteiger partial charge in [-0.15, -0.1) is 0 Å². The zero-order valence-electron chi connectivity index (χ0n) is 14.3. The minimum atomic E-state index is -0.325. The van der Waals surface area contributed by atoms with Crippen LogP contribution in [-0.2, 0) is 9.53 Å². The molecule has 24 heavy (non-hydrogen) atoms. The molecule has 6 heteroatoms. The van der Waals surface area contributed by atoms with Gasteiger partial charge < -0.3 is 9.64 Å². The maximum Gasteiger partial charge on any atom is 0.230 e. The van der Waals surface area contributed by atoms with E-state index in [9.17, 15) is 9.18 Å². The van der Waals surface area contributed by atoms with E-state index < -0.39 is 0 Å². The first kappa shape index (κ1) is 17.3. The average molecular weight is 335 g/mol. The van der Waals surface area contributed by atoms with Gasteiger partial charge >= 0.3 is 0 Å². The molecule has 0 spiro atoms. The number of ether oxygens (including phenoxy) is 1. The van der Waals surface area contributed by atoms with Crippen LogP contribution in [0.2, 0.25) is 0 Å². The second-order valence-corrected chi connectivity index (χ2v) is 7.07. The third kappa shape index (κ3) is 3.31. The van der Waals surface area contributed by atoms with E-state index >= 15 is 0 Å². The highest BCUT2D eigenvalue weighted by atomic mass is 19.1. The molecule has 1 aliphatic heterocycles. The SMILES string of the molecule is COCC1(C(=O)N(C)CC2CNNC2c2ccc(F)cc2)CCC1. The molecule has 1 heterocycles. The summed E-state index contributed by atoms with van der Waals surface area (Å²) in [7, 11) is 3.53. The molecule has 1 aromatic carbocycles. The fourth-order valence-electron chi connectivity index (χ4n) is 3.87. The fourth-order valence-corrected chi connectivity index (χ4v) is 3.87. The van der Waals surface area contributed by atoms with Crippen molar-refractivity contribution in [2.75, 3.05) is 33.9 Å². The standard InChI is InChI=1S/C18H26FN3O2/c1-22(17(23)18(12-24-2)8-3-9-18)11-14-10-20-21-16(14)13-4-6-15(19)7-5-13/h4-7,14,16,20-21H,3,8-12H2,1-2H3. The Bertz CT molecular complexity index is 574. The van der Waals surface area contributed by atoms with Crippen LogP contribution in [0.25, 0.3) is 0 Å². The molecule has 1 amide bonds. The average Bonchev–Trinajstić information content (AvgIpc) is 2.99. The fraction of sp³-hybridized carbons (Fsp3) is 0.611. The third-order valence-electron chi connectivity index (χ3n) is 5.36. The van der Waals surface area contributed by atoms with E-state index in [1.807, 2.05) is 11.9 Å². The number of hydrogen-bond donors (Lipinski definition) is 2. The molecule has 0 aromatic heterocycles. The van der Waals surface area contributed by atoms with Gasteiger partial charge in [0.1, 0.15) is 5.82 Å². The number of amides is 1. The van der Waals surface area contributed by atoms with Crippen LogP contribution in [0.15, 0.2) is 24.3 Å². The molecule has 0 radical (unpaired) electrons. The first-order valence-corrected chi connectivity index (χ1v) is 8.54. The third-order valence-corrected chi connectivity index (χ3v) is 5.36. The molecule has 1 saturated heterocycles. The molecule has 1 aromatic rings. The highest BCUT2D eigenvalue weighted by Gasteiger charge is 2.46. The van der Waals surface area contributed by atoms with E-state index in [0.29, 0.717) is 13.2 Å². The van der Waals surface area contributed by atoms with Gasteiger partial charge in [0, 0.05) is 33.2 Å². The van der Waals surface area contributed by atoms with Crippen LogP contribution in [0, 0.1) is 17.2 Å². The van der Waals surface area contributed by atoms with Crippen LogP contribution in [0.4, 0.5) is 4.39 Å².